The van der Waals surface area contributed by atoms with E-state index in [0.29, 0.717) is 11.4 Å². The van der Waals surface area contributed by atoms with E-state index in [4.69, 9.17) is 17.4 Å². The van der Waals surface area contributed by atoms with E-state index in [1.54, 1.807) is 6.20 Å². The first-order valence-corrected chi connectivity index (χ1v) is 7.24. The third-order valence-corrected chi connectivity index (χ3v) is 4.02. The third-order valence-electron chi connectivity index (χ3n) is 3.06. The summed E-state index contributed by atoms with van der Waals surface area (Å²) in [5, 5.41) is 0.692. The number of imidazole rings is 1. The van der Waals surface area contributed by atoms with Crippen LogP contribution in [0.4, 0.5) is 0 Å². The zero-order chi connectivity index (χ0) is 13.8. The SMILES string of the molecule is CCn1ccnc1CC(NN)c1cc(Cl)ccc1Br. The number of hydrogen-bond acceptors (Lipinski definition) is 3. The fourth-order valence-electron chi connectivity index (χ4n) is 2.04. The van der Waals surface area contributed by atoms with Crippen molar-refractivity contribution < 1.29 is 0 Å². The molecule has 0 radical (unpaired) electrons. The normalized spacial score (nSPS) is 12.6. The molecule has 1 heterocycles. The van der Waals surface area contributed by atoms with Crippen molar-refractivity contribution in [3.8, 4) is 0 Å². The van der Waals surface area contributed by atoms with E-state index >= 15 is 0 Å². The maximum atomic E-state index is 6.05. The van der Waals surface area contributed by atoms with Gasteiger partial charge in [0.2, 0.25) is 0 Å². The van der Waals surface area contributed by atoms with Gasteiger partial charge in [-0.15, -0.1) is 0 Å². The summed E-state index contributed by atoms with van der Waals surface area (Å²) in [6.45, 7) is 2.98. The molecule has 2 aromatic rings. The molecule has 3 N–H and O–H groups in total. The van der Waals surface area contributed by atoms with E-state index in [0.717, 1.165) is 22.4 Å². The van der Waals surface area contributed by atoms with Crippen LogP contribution in [0.2, 0.25) is 5.02 Å². The van der Waals surface area contributed by atoms with E-state index in [1.807, 2.05) is 24.4 Å². The number of aryl methyl sites for hydroxylation is 1. The van der Waals surface area contributed by atoms with Crippen LogP contribution in [0.25, 0.3) is 0 Å². The lowest BCUT2D eigenvalue weighted by Gasteiger charge is -2.18. The molecule has 19 heavy (non-hydrogen) atoms. The van der Waals surface area contributed by atoms with Crippen molar-refractivity contribution in [2.24, 2.45) is 5.84 Å². The van der Waals surface area contributed by atoms with Crippen molar-refractivity contribution in [1.29, 1.82) is 0 Å². The van der Waals surface area contributed by atoms with Crippen LogP contribution < -0.4 is 11.3 Å². The smallest absolute Gasteiger partial charge is 0.110 e. The maximum absolute atomic E-state index is 6.05. The van der Waals surface area contributed by atoms with E-state index in [2.05, 4.69) is 37.8 Å². The molecule has 2 rings (SSSR count). The predicted molar refractivity (Wildman–Crippen MR) is 80.8 cm³/mol. The molecule has 4 nitrogen and oxygen atoms in total. The molecule has 0 aliphatic heterocycles. The van der Waals surface area contributed by atoms with Gasteiger partial charge in [-0.2, -0.15) is 0 Å². The van der Waals surface area contributed by atoms with Crippen LogP contribution in [0.5, 0.6) is 0 Å². The minimum Gasteiger partial charge on any atom is -0.335 e. The van der Waals surface area contributed by atoms with Crippen molar-refractivity contribution >= 4 is 27.5 Å². The number of aromatic nitrogens is 2. The van der Waals surface area contributed by atoms with Crippen LogP contribution in [0.3, 0.4) is 0 Å². The zero-order valence-corrected chi connectivity index (χ0v) is 12.9. The van der Waals surface area contributed by atoms with Gasteiger partial charge in [-0.25, -0.2) is 4.98 Å². The quantitative estimate of drug-likeness (QED) is 0.648. The Hall–Kier alpha value is -0.880. The van der Waals surface area contributed by atoms with E-state index < -0.39 is 0 Å². The second kappa shape index (κ2) is 6.52. The number of halogens is 2. The summed E-state index contributed by atoms with van der Waals surface area (Å²) < 4.78 is 3.08. The number of hydrogen-bond donors (Lipinski definition) is 2. The monoisotopic (exact) mass is 342 g/mol. The molecule has 102 valence electrons. The molecule has 0 aliphatic carbocycles. The molecule has 0 saturated heterocycles. The van der Waals surface area contributed by atoms with E-state index in [-0.39, 0.29) is 6.04 Å². The van der Waals surface area contributed by atoms with Gasteiger partial charge in [-0.3, -0.25) is 11.3 Å². The minimum absolute atomic E-state index is 0.0409. The van der Waals surface area contributed by atoms with Gasteiger partial charge in [0.05, 0.1) is 6.04 Å². The molecule has 1 aromatic carbocycles. The van der Waals surface area contributed by atoms with Crippen LogP contribution in [0, 0.1) is 0 Å². The molecule has 0 amide bonds. The number of benzene rings is 1. The Morgan fingerprint density at radius 3 is 3.00 bits per heavy atom. The van der Waals surface area contributed by atoms with Gasteiger partial charge in [0.15, 0.2) is 0 Å². The number of rotatable bonds is 5. The molecule has 1 unspecified atom stereocenters. The number of nitrogens with one attached hydrogen (secondary N) is 1. The van der Waals surface area contributed by atoms with Crippen LogP contribution in [0.1, 0.15) is 24.4 Å². The molecular formula is C13H16BrClN4. The van der Waals surface area contributed by atoms with Crippen LogP contribution in [0.15, 0.2) is 35.1 Å². The van der Waals surface area contributed by atoms with Crippen LogP contribution in [-0.2, 0) is 13.0 Å². The minimum atomic E-state index is -0.0409. The molecule has 1 atom stereocenters. The average Bonchev–Trinajstić information content (AvgIpc) is 2.86. The summed E-state index contributed by atoms with van der Waals surface area (Å²) in [5.74, 6) is 6.68. The average molecular weight is 344 g/mol. The van der Waals surface area contributed by atoms with Crippen LogP contribution >= 0.6 is 27.5 Å². The fraction of sp³-hybridized carbons (Fsp3) is 0.308. The third kappa shape index (κ3) is 3.36. The molecule has 0 aliphatic rings. The maximum Gasteiger partial charge on any atom is 0.110 e. The van der Waals surface area contributed by atoms with Gasteiger partial charge in [-0.1, -0.05) is 27.5 Å². The molecule has 0 saturated carbocycles. The number of hydrazine groups is 1. The fourth-order valence-corrected chi connectivity index (χ4v) is 2.74. The Morgan fingerprint density at radius 2 is 2.32 bits per heavy atom. The van der Waals surface area contributed by atoms with Gasteiger partial charge in [0, 0.05) is 34.9 Å². The highest BCUT2D eigenvalue weighted by Crippen LogP contribution is 2.28. The standard InChI is InChI=1S/C13H16BrClN4/c1-2-19-6-5-17-13(19)8-12(18-16)10-7-9(15)3-4-11(10)14/h3-7,12,18H,2,8,16H2,1H3. The number of nitrogens with two attached hydrogens (primary N) is 1. The Labute approximate surface area is 126 Å². The highest BCUT2D eigenvalue weighted by molar-refractivity contribution is 9.10. The Balaban J connectivity index is 2.27. The van der Waals surface area contributed by atoms with Gasteiger partial charge in [-0.05, 0) is 30.7 Å². The summed E-state index contributed by atoms with van der Waals surface area (Å²) in [7, 11) is 0. The van der Waals surface area contributed by atoms with Crippen molar-refractivity contribution in [3.63, 3.8) is 0 Å². The van der Waals surface area contributed by atoms with Gasteiger partial charge >= 0.3 is 0 Å². The van der Waals surface area contributed by atoms with Gasteiger partial charge in [0.25, 0.3) is 0 Å². The highest BCUT2D eigenvalue weighted by Gasteiger charge is 2.16. The van der Waals surface area contributed by atoms with E-state index in [1.165, 1.54) is 0 Å². The second-order valence-corrected chi connectivity index (χ2v) is 5.51. The Kier molecular flexibility index (Phi) is 4.99. The first-order chi connectivity index (χ1) is 9.15. The highest BCUT2D eigenvalue weighted by atomic mass is 79.9. The van der Waals surface area contributed by atoms with Crippen molar-refractivity contribution in [3.05, 3.63) is 51.5 Å². The summed E-state index contributed by atoms with van der Waals surface area (Å²) in [6.07, 6.45) is 4.48. The zero-order valence-electron chi connectivity index (χ0n) is 10.6. The lowest BCUT2D eigenvalue weighted by Crippen LogP contribution is -2.30. The molecule has 0 fully saturated rings. The topological polar surface area (TPSA) is 55.9 Å². The molecule has 6 heteroatoms. The van der Waals surface area contributed by atoms with Crippen molar-refractivity contribution in [2.45, 2.75) is 25.9 Å². The van der Waals surface area contributed by atoms with Gasteiger partial charge in [0.1, 0.15) is 5.82 Å². The first kappa shape index (κ1) is 14.5. The summed E-state index contributed by atoms with van der Waals surface area (Å²) in [6, 6.07) is 5.64. The molecular weight excluding hydrogens is 328 g/mol. The Morgan fingerprint density at radius 1 is 1.53 bits per heavy atom. The van der Waals surface area contributed by atoms with E-state index in [9.17, 15) is 0 Å². The summed E-state index contributed by atoms with van der Waals surface area (Å²) in [4.78, 5) is 4.37. The largest absolute Gasteiger partial charge is 0.335 e. The van der Waals surface area contributed by atoms with Crippen LogP contribution in [-0.4, -0.2) is 9.55 Å². The predicted octanol–water partition coefficient (Wildman–Crippen LogP) is 3.07. The summed E-state index contributed by atoms with van der Waals surface area (Å²) in [5.41, 5.74) is 3.86. The second-order valence-electron chi connectivity index (χ2n) is 4.22. The lowest BCUT2D eigenvalue weighted by atomic mass is 10.0. The Bertz CT molecular complexity index is 555. The lowest BCUT2D eigenvalue weighted by molar-refractivity contribution is 0.521. The molecule has 0 spiro atoms. The molecule has 1 aromatic heterocycles. The number of nitrogens with zero attached hydrogens (tertiary/aromatic N) is 2. The van der Waals surface area contributed by atoms with Crippen molar-refractivity contribution in [2.75, 3.05) is 0 Å². The molecule has 0 bridgehead atoms. The first-order valence-electron chi connectivity index (χ1n) is 6.06. The van der Waals surface area contributed by atoms with Crippen molar-refractivity contribution in [1.82, 2.24) is 15.0 Å². The van der Waals surface area contributed by atoms with Gasteiger partial charge < -0.3 is 4.57 Å². The summed E-state index contributed by atoms with van der Waals surface area (Å²) >= 11 is 9.58.